The van der Waals surface area contributed by atoms with Crippen LogP contribution >= 0.6 is 11.8 Å². The van der Waals surface area contributed by atoms with Crippen molar-refractivity contribution in [2.75, 3.05) is 23.7 Å². The van der Waals surface area contributed by atoms with Gasteiger partial charge in [-0.25, -0.2) is 13.1 Å². The van der Waals surface area contributed by atoms with E-state index < -0.39 is 10.0 Å². The van der Waals surface area contributed by atoms with Gasteiger partial charge in [0.2, 0.25) is 15.9 Å². The second kappa shape index (κ2) is 10.1. The summed E-state index contributed by atoms with van der Waals surface area (Å²) in [5, 5.41) is 13.5. The number of nitrogens with one attached hydrogen (secondary N) is 1. The molecule has 1 N–H and O–H groups in total. The molecule has 35 heavy (non-hydrogen) atoms. The average Bonchev–Trinajstić information content (AvgIpc) is 3.29. The van der Waals surface area contributed by atoms with Crippen molar-refractivity contribution >= 4 is 39.0 Å². The Balaban J connectivity index is 1.23. The van der Waals surface area contributed by atoms with Crippen molar-refractivity contribution in [3.8, 4) is 0 Å². The van der Waals surface area contributed by atoms with Crippen LogP contribution in [0.2, 0.25) is 0 Å². The highest BCUT2D eigenvalue weighted by Gasteiger charge is 2.22. The first kappa shape index (κ1) is 23.5. The van der Waals surface area contributed by atoms with Crippen molar-refractivity contribution < 1.29 is 13.2 Å². The lowest BCUT2D eigenvalue weighted by Crippen LogP contribution is -2.36. The van der Waals surface area contributed by atoms with Crippen molar-refractivity contribution in [2.45, 2.75) is 29.2 Å². The van der Waals surface area contributed by atoms with Crippen LogP contribution in [0.5, 0.6) is 0 Å². The number of fused-ring (bicyclic) bond motifs is 2. The van der Waals surface area contributed by atoms with Crippen LogP contribution in [-0.4, -0.2) is 53.0 Å². The maximum absolute atomic E-state index is 12.9. The molecule has 0 unspecified atom stereocenters. The molecule has 0 spiro atoms. The highest BCUT2D eigenvalue weighted by molar-refractivity contribution is 7.99. The zero-order chi connectivity index (χ0) is 24.3. The normalized spacial score (nSPS) is 13.7. The third-order valence-corrected chi connectivity index (χ3v) is 8.13. The van der Waals surface area contributed by atoms with Gasteiger partial charge in [0.05, 0.1) is 10.6 Å². The van der Waals surface area contributed by atoms with E-state index >= 15 is 0 Å². The number of sulfonamides is 1. The van der Waals surface area contributed by atoms with E-state index in [0.717, 1.165) is 25.1 Å². The summed E-state index contributed by atoms with van der Waals surface area (Å²) >= 11 is 1.36. The number of anilines is 1. The second-order valence-corrected chi connectivity index (χ2v) is 10.8. The van der Waals surface area contributed by atoms with E-state index in [1.54, 1.807) is 40.9 Å². The summed E-state index contributed by atoms with van der Waals surface area (Å²) in [6, 6.07) is 19.9. The molecule has 1 aliphatic rings. The first-order chi connectivity index (χ1) is 17.0. The Labute approximate surface area is 207 Å². The van der Waals surface area contributed by atoms with Gasteiger partial charge >= 0.3 is 0 Å². The quantitative estimate of drug-likeness (QED) is 0.365. The molecular formula is C24H24N6O3S2. The van der Waals surface area contributed by atoms with Crippen LogP contribution < -0.4 is 9.62 Å². The number of hydrogen-bond donors (Lipinski definition) is 1. The van der Waals surface area contributed by atoms with Crippen LogP contribution in [0.15, 0.2) is 76.7 Å². The van der Waals surface area contributed by atoms with E-state index in [1.165, 1.54) is 17.3 Å². The van der Waals surface area contributed by atoms with E-state index in [0.29, 0.717) is 22.9 Å². The van der Waals surface area contributed by atoms with Crippen LogP contribution in [0.3, 0.4) is 0 Å². The monoisotopic (exact) mass is 508 g/mol. The molecule has 5 rings (SSSR count). The lowest BCUT2D eigenvalue weighted by atomic mass is 10.0. The molecule has 9 nitrogen and oxygen atoms in total. The highest BCUT2D eigenvalue weighted by Crippen LogP contribution is 2.28. The number of benzene rings is 2. The smallest absolute Gasteiger partial charge is 0.240 e. The van der Waals surface area contributed by atoms with Gasteiger partial charge < -0.3 is 4.90 Å². The Morgan fingerprint density at radius 1 is 1.00 bits per heavy atom. The highest BCUT2D eigenvalue weighted by atomic mass is 32.2. The van der Waals surface area contributed by atoms with Crippen LogP contribution in [0.1, 0.15) is 17.8 Å². The van der Waals surface area contributed by atoms with Gasteiger partial charge in [-0.2, -0.15) is 9.61 Å². The van der Waals surface area contributed by atoms with Gasteiger partial charge in [0, 0.05) is 25.2 Å². The minimum absolute atomic E-state index is 0.0448. The molecule has 0 aliphatic carbocycles. The van der Waals surface area contributed by atoms with E-state index in [4.69, 9.17) is 0 Å². The van der Waals surface area contributed by atoms with Gasteiger partial charge in [0.15, 0.2) is 11.5 Å². The minimum Gasteiger partial charge on any atom is -0.311 e. The van der Waals surface area contributed by atoms with E-state index in [2.05, 4.69) is 26.1 Å². The van der Waals surface area contributed by atoms with Crippen molar-refractivity contribution in [2.24, 2.45) is 0 Å². The number of aromatic nitrogens is 4. The molecule has 1 amide bonds. The number of hydrogen-bond acceptors (Lipinski definition) is 7. The fraction of sp³-hybridized carbons (Fsp3) is 0.250. The lowest BCUT2D eigenvalue weighted by molar-refractivity contribution is -0.116. The van der Waals surface area contributed by atoms with Crippen molar-refractivity contribution in [1.29, 1.82) is 0 Å². The van der Waals surface area contributed by atoms with Crippen LogP contribution in [0, 0.1) is 0 Å². The van der Waals surface area contributed by atoms with Crippen LogP contribution in [-0.2, 0) is 27.7 Å². The third kappa shape index (κ3) is 5.21. The molecule has 2 aromatic carbocycles. The van der Waals surface area contributed by atoms with Gasteiger partial charge in [-0.05, 0) is 48.7 Å². The summed E-state index contributed by atoms with van der Waals surface area (Å²) in [7, 11) is -3.60. The zero-order valence-corrected chi connectivity index (χ0v) is 20.5. The average molecular weight is 509 g/mol. The standard InChI is InChI=1S/C24H24N6O3S2/c31-24(29-16-6-8-18-7-4-5-11-20(18)29)17-34-23-13-12-21-26-27-22(30(21)28-23)14-15-25-35(32,33)19-9-2-1-3-10-19/h1-5,7,9-13,25H,6,8,14-17H2. The molecule has 4 aromatic rings. The summed E-state index contributed by atoms with van der Waals surface area (Å²) in [4.78, 5) is 15.0. The number of thioether (sulfide) groups is 1. The number of carbonyl (C=O) groups is 1. The number of nitrogens with zero attached hydrogens (tertiary/aromatic N) is 5. The number of rotatable bonds is 8. The summed E-state index contributed by atoms with van der Waals surface area (Å²) in [6.07, 6.45) is 2.26. The van der Waals surface area contributed by atoms with E-state index in [-0.39, 0.29) is 23.1 Å². The Morgan fingerprint density at radius 3 is 2.66 bits per heavy atom. The van der Waals surface area contributed by atoms with Crippen molar-refractivity contribution in [3.05, 3.63) is 78.1 Å². The molecule has 0 saturated heterocycles. The Hall–Kier alpha value is -3.28. The minimum atomic E-state index is -3.60. The van der Waals surface area contributed by atoms with E-state index in [9.17, 15) is 13.2 Å². The zero-order valence-electron chi connectivity index (χ0n) is 18.9. The Morgan fingerprint density at radius 2 is 1.80 bits per heavy atom. The number of carbonyl (C=O) groups excluding carboxylic acids is 1. The number of para-hydroxylation sites is 1. The van der Waals surface area contributed by atoms with Crippen LogP contribution in [0.25, 0.3) is 5.65 Å². The molecule has 2 aromatic heterocycles. The van der Waals surface area contributed by atoms with Gasteiger partial charge in [0.25, 0.3) is 0 Å². The predicted octanol–water partition coefficient (Wildman–Crippen LogP) is 2.72. The largest absolute Gasteiger partial charge is 0.311 e. The molecule has 0 atom stereocenters. The first-order valence-electron chi connectivity index (χ1n) is 11.3. The second-order valence-electron chi connectivity index (χ2n) is 8.08. The molecule has 180 valence electrons. The lowest BCUT2D eigenvalue weighted by Gasteiger charge is -2.29. The van der Waals surface area contributed by atoms with Gasteiger partial charge in [0.1, 0.15) is 5.03 Å². The molecule has 0 fully saturated rings. The molecular weight excluding hydrogens is 484 g/mol. The fourth-order valence-electron chi connectivity index (χ4n) is 4.04. The predicted molar refractivity (Wildman–Crippen MR) is 134 cm³/mol. The topological polar surface area (TPSA) is 110 Å². The number of amides is 1. The maximum Gasteiger partial charge on any atom is 0.240 e. The molecule has 0 bridgehead atoms. The summed E-state index contributed by atoms with van der Waals surface area (Å²) < 4.78 is 29.0. The Bertz CT molecular complexity index is 1460. The molecule has 11 heteroatoms. The fourth-order valence-corrected chi connectivity index (χ4v) is 5.82. The summed E-state index contributed by atoms with van der Waals surface area (Å²) in [5.41, 5.74) is 2.76. The Kier molecular flexibility index (Phi) is 6.80. The first-order valence-corrected chi connectivity index (χ1v) is 13.8. The van der Waals surface area contributed by atoms with Gasteiger partial charge in [-0.3, -0.25) is 4.79 Å². The van der Waals surface area contributed by atoms with Crippen LogP contribution in [0.4, 0.5) is 5.69 Å². The van der Waals surface area contributed by atoms with Gasteiger partial charge in [-0.1, -0.05) is 48.2 Å². The molecule has 0 saturated carbocycles. The van der Waals surface area contributed by atoms with Crippen molar-refractivity contribution in [3.63, 3.8) is 0 Å². The molecule has 3 heterocycles. The third-order valence-electron chi connectivity index (χ3n) is 5.75. The SMILES string of the molecule is O=C(CSc1ccc2nnc(CCNS(=O)(=O)c3ccccc3)n2n1)N1CCCc2ccccc21. The molecule has 1 aliphatic heterocycles. The number of aryl methyl sites for hydroxylation is 1. The summed E-state index contributed by atoms with van der Waals surface area (Å²) in [6.45, 7) is 0.876. The van der Waals surface area contributed by atoms with Gasteiger partial charge in [-0.15, -0.1) is 10.2 Å². The van der Waals surface area contributed by atoms with E-state index in [1.807, 2.05) is 29.2 Å². The van der Waals surface area contributed by atoms with Crippen molar-refractivity contribution in [1.82, 2.24) is 24.5 Å². The summed E-state index contributed by atoms with van der Waals surface area (Å²) in [5.74, 6) is 0.846. The molecule has 0 radical (unpaired) electrons. The maximum atomic E-state index is 12.9.